The van der Waals surface area contributed by atoms with E-state index in [9.17, 15) is 4.79 Å². The molecule has 2 aliphatic rings. The number of piperidine rings is 1. The van der Waals surface area contributed by atoms with E-state index in [1.165, 1.54) is 12.1 Å². The highest BCUT2D eigenvalue weighted by Crippen LogP contribution is 2.36. The molecule has 0 amide bonds. The molecule has 0 spiro atoms. The lowest BCUT2D eigenvalue weighted by Crippen LogP contribution is -2.46. The summed E-state index contributed by atoms with van der Waals surface area (Å²) in [5.41, 5.74) is 2.47. The zero-order valence-electron chi connectivity index (χ0n) is 14.8. The fourth-order valence-corrected chi connectivity index (χ4v) is 4.37. The van der Waals surface area contributed by atoms with Crippen molar-refractivity contribution in [3.63, 3.8) is 0 Å². The zero-order valence-corrected chi connectivity index (χ0v) is 14.8. The fourth-order valence-electron chi connectivity index (χ4n) is 4.37. The van der Waals surface area contributed by atoms with Crippen LogP contribution in [0.25, 0.3) is 0 Å². The van der Waals surface area contributed by atoms with Gasteiger partial charge in [0.2, 0.25) is 0 Å². The number of benzene rings is 1. The minimum atomic E-state index is 0.134. The van der Waals surface area contributed by atoms with Crippen molar-refractivity contribution in [2.45, 2.75) is 25.4 Å². The number of ether oxygens (including phenoxy) is 2. The van der Waals surface area contributed by atoms with E-state index in [-0.39, 0.29) is 5.56 Å². The molecule has 5 nitrogen and oxygen atoms in total. The maximum absolute atomic E-state index is 12.1. The lowest BCUT2D eigenvalue weighted by Gasteiger charge is -2.42. The molecule has 1 aromatic heterocycles. The Balaban J connectivity index is 1.58. The SMILES string of the molecule is COc1ccc(OC)c(CN2C[C@H]3C[C@@H](C2)c2cccc(=O)n2C3)c1. The summed E-state index contributed by atoms with van der Waals surface area (Å²) in [6.45, 7) is 3.65. The summed E-state index contributed by atoms with van der Waals surface area (Å²) < 4.78 is 12.9. The third-order valence-corrected chi connectivity index (χ3v) is 5.44. The first-order valence-corrected chi connectivity index (χ1v) is 8.81. The number of likely N-dealkylation sites (tertiary alicyclic amines) is 1. The number of methoxy groups -OCH3 is 2. The van der Waals surface area contributed by atoms with Gasteiger partial charge in [0.05, 0.1) is 14.2 Å². The van der Waals surface area contributed by atoms with Crippen molar-refractivity contribution in [1.29, 1.82) is 0 Å². The van der Waals surface area contributed by atoms with Crippen molar-refractivity contribution in [1.82, 2.24) is 9.47 Å². The first kappa shape index (κ1) is 16.2. The van der Waals surface area contributed by atoms with Gasteiger partial charge in [-0.3, -0.25) is 9.69 Å². The number of fused-ring (bicyclic) bond motifs is 4. The van der Waals surface area contributed by atoms with Crippen LogP contribution in [-0.2, 0) is 13.1 Å². The Kier molecular flexibility index (Phi) is 4.25. The molecule has 2 aliphatic heterocycles. The van der Waals surface area contributed by atoms with Crippen molar-refractivity contribution in [3.05, 3.63) is 58.0 Å². The zero-order chi connectivity index (χ0) is 17.4. The lowest BCUT2D eigenvalue weighted by molar-refractivity contribution is 0.113. The van der Waals surface area contributed by atoms with Crippen LogP contribution in [0.4, 0.5) is 0 Å². The van der Waals surface area contributed by atoms with E-state index >= 15 is 0 Å². The Labute approximate surface area is 147 Å². The summed E-state index contributed by atoms with van der Waals surface area (Å²) in [4.78, 5) is 14.6. The van der Waals surface area contributed by atoms with E-state index in [2.05, 4.69) is 17.0 Å². The molecule has 1 fully saturated rings. The van der Waals surface area contributed by atoms with E-state index < -0.39 is 0 Å². The van der Waals surface area contributed by atoms with Crippen LogP contribution in [0.3, 0.4) is 0 Å². The molecule has 2 atom stereocenters. The number of rotatable bonds is 4. The highest BCUT2D eigenvalue weighted by atomic mass is 16.5. The van der Waals surface area contributed by atoms with Crippen LogP contribution in [0.15, 0.2) is 41.2 Å². The minimum Gasteiger partial charge on any atom is -0.497 e. The summed E-state index contributed by atoms with van der Waals surface area (Å²) >= 11 is 0. The lowest BCUT2D eigenvalue weighted by atomic mass is 9.83. The molecule has 1 aromatic carbocycles. The highest BCUT2D eigenvalue weighted by molar-refractivity contribution is 5.40. The van der Waals surface area contributed by atoms with Crippen LogP contribution in [-0.4, -0.2) is 36.8 Å². The second-order valence-electron chi connectivity index (χ2n) is 7.07. The monoisotopic (exact) mass is 340 g/mol. The first-order valence-electron chi connectivity index (χ1n) is 8.81. The van der Waals surface area contributed by atoms with Crippen LogP contribution in [0.1, 0.15) is 23.6 Å². The van der Waals surface area contributed by atoms with E-state index in [0.717, 1.165) is 43.2 Å². The largest absolute Gasteiger partial charge is 0.497 e. The molecule has 0 aliphatic carbocycles. The predicted molar refractivity (Wildman–Crippen MR) is 96.4 cm³/mol. The van der Waals surface area contributed by atoms with Crippen molar-refractivity contribution >= 4 is 0 Å². The Bertz CT molecular complexity index is 830. The number of hydrogen-bond acceptors (Lipinski definition) is 4. The number of aromatic nitrogens is 1. The van der Waals surface area contributed by atoms with Crippen LogP contribution in [0, 0.1) is 5.92 Å². The first-order chi connectivity index (χ1) is 12.2. The van der Waals surface area contributed by atoms with Crippen molar-refractivity contribution in [2.24, 2.45) is 5.92 Å². The van der Waals surface area contributed by atoms with E-state index in [0.29, 0.717) is 11.8 Å². The molecule has 5 heteroatoms. The normalized spacial score (nSPS) is 22.3. The molecular weight excluding hydrogens is 316 g/mol. The Morgan fingerprint density at radius 1 is 1.08 bits per heavy atom. The molecule has 25 heavy (non-hydrogen) atoms. The Morgan fingerprint density at radius 2 is 1.96 bits per heavy atom. The quantitative estimate of drug-likeness (QED) is 0.858. The number of hydrogen-bond donors (Lipinski definition) is 0. The van der Waals surface area contributed by atoms with Crippen LogP contribution >= 0.6 is 0 Å². The highest BCUT2D eigenvalue weighted by Gasteiger charge is 2.34. The third kappa shape index (κ3) is 3.04. The van der Waals surface area contributed by atoms with Crippen molar-refractivity contribution in [2.75, 3.05) is 27.3 Å². The molecule has 3 heterocycles. The van der Waals surface area contributed by atoms with Gasteiger partial charge in [0, 0.05) is 49.4 Å². The Hall–Kier alpha value is -2.27. The minimum absolute atomic E-state index is 0.134. The summed E-state index contributed by atoms with van der Waals surface area (Å²) in [5, 5.41) is 0. The van der Waals surface area contributed by atoms with Crippen molar-refractivity contribution < 1.29 is 9.47 Å². The molecule has 2 bridgehead atoms. The van der Waals surface area contributed by atoms with Gasteiger partial charge < -0.3 is 14.0 Å². The van der Waals surface area contributed by atoms with Crippen LogP contribution in [0.5, 0.6) is 11.5 Å². The van der Waals surface area contributed by atoms with E-state index in [1.54, 1.807) is 20.3 Å². The molecule has 0 N–H and O–H groups in total. The summed E-state index contributed by atoms with van der Waals surface area (Å²) in [5.74, 6) is 2.71. The van der Waals surface area contributed by atoms with Gasteiger partial charge in [-0.15, -0.1) is 0 Å². The molecule has 2 aromatic rings. The molecule has 0 unspecified atom stereocenters. The van der Waals surface area contributed by atoms with Gasteiger partial charge in [-0.1, -0.05) is 6.07 Å². The van der Waals surface area contributed by atoms with Gasteiger partial charge in [-0.05, 0) is 36.6 Å². The summed E-state index contributed by atoms with van der Waals surface area (Å²) in [6.07, 6.45) is 1.18. The molecular formula is C20H24N2O3. The van der Waals surface area contributed by atoms with Crippen LogP contribution < -0.4 is 15.0 Å². The van der Waals surface area contributed by atoms with Gasteiger partial charge in [-0.2, -0.15) is 0 Å². The third-order valence-electron chi connectivity index (χ3n) is 5.44. The average Bonchev–Trinajstić information content (AvgIpc) is 2.62. The van der Waals surface area contributed by atoms with Crippen molar-refractivity contribution in [3.8, 4) is 11.5 Å². The van der Waals surface area contributed by atoms with Gasteiger partial charge >= 0.3 is 0 Å². The molecule has 132 valence electrons. The fraction of sp³-hybridized carbons (Fsp3) is 0.450. The van der Waals surface area contributed by atoms with Crippen LogP contribution in [0.2, 0.25) is 0 Å². The molecule has 1 saturated heterocycles. The van der Waals surface area contributed by atoms with E-state index in [1.807, 2.05) is 22.8 Å². The second kappa shape index (κ2) is 6.56. The number of nitrogens with zero attached hydrogens (tertiary/aromatic N) is 2. The van der Waals surface area contributed by atoms with Gasteiger partial charge in [0.1, 0.15) is 11.5 Å². The smallest absolute Gasteiger partial charge is 0.250 e. The molecule has 0 saturated carbocycles. The number of pyridine rings is 1. The average molecular weight is 340 g/mol. The summed E-state index contributed by atoms with van der Waals surface area (Å²) in [6, 6.07) is 11.6. The molecule has 0 radical (unpaired) electrons. The second-order valence-corrected chi connectivity index (χ2v) is 7.07. The Morgan fingerprint density at radius 3 is 2.76 bits per heavy atom. The predicted octanol–water partition coefficient (Wildman–Crippen LogP) is 2.48. The van der Waals surface area contributed by atoms with Gasteiger partial charge in [-0.25, -0.2) is 0 Å². The molecule has 4 rings (SSSR count). The standard InChI is InChI=1S/C20H24N2O3/c1-24-17-6-7-19(25-2)16(9-17)13-21-10-14-8-15(12-21)18-4-3-5-20(23)22(18)11-14/h3-7,9,14-15H,8,10-13H2,1-2H3/t14-,15+/m1/s1. The maximum Gasteiger partial charge on any atom is 0.250 e. The van der Waals surface area contributed by atoms with E-state index in [4.69, 9.17) is 9.47 Å². The van der Waals surface area contributed by atoms with Gasteiger partial charge in [0.25, 0.3) is 5.56 Å². The summed E-state index contributed by atoms with van der Waals surface area (Å²) in [7, 11) is 3.39. The maximum atomic E-state index is 12.1. The van der Waals surface area contributed by atoms with Gasteiger partial charge in [0.15, 0.2) is 0 Å². The topological polar surface area (TPSA) is 43.7 Å².